The molecule has 2 heterocycles. The minimum Gasteiger partial charge on any atom is -0.396 e. The fourth-order valence-electron chi connectivity index (χ4n) is 6.46. The van der Waals surface area contributed by atoms with E-state index in [0.29, 0.717) is 12.1 Å². The molecule has 4 rings (SSSR count). The third-order valence-electron chi connectivity index (χ3n) is 8.91. The highest BCUT2D eigenvalue weighted by Gasteiger charge is 2.56. The topological polar surface area (TPSA) is 84.3 Å². The van der Waals surface area contributed by atoms with Crippen molar-refractivity contribution in [3.8, 4) is 0 Å². The van der Waals surface area contributed by atoms with E-state index in [9.17, 15) is 46.1 Å². The number of piperazine rings is 1. The Bertz CT molecular complexity index is 1310. The molecule has 43 heavy (non-hydrogen) atoms. The zero-order chi connectivity index (χ0) is 31.9. The summed E-state index contributed by atoms with van der Waals surface area (Å²) in [6.07, 6.45) is -9.56. The van der Waals surface area contributed by atoms with E-state index in [4.69, 9.17) is 0 Å². The Labute approximate surface area is 245 Å². The lowest BCUT2D eigenvalue weighted by Gasteiger charge is -2.47. The second kappa shape index (κ2) is 12.0. The molecule has 0 unspecified atom stereocenters. The van der Waals surface area contributed by atoms with Crippen LogP contribution in [0.2, 0.25) is 0 Å². The standard InChI is InChI=1S/C30H35F6N3O4/c1-18-6-4-5-7-23(18)25-24-17-28(8-12-40,9-13-41)26(42)38(24)10-11-39(25)27(43)37(3)19(2)20-14-21(29(31,32)33)16-22(15-20)30(34,35)36/h4-7,14-16,19,24-25,40-41H,8-13,17H2,1-3H3/t19-,24+,25+/m1/s1. The second-order valence-electron chi connectivity index (χ2n) is 11.4. The van der Waals surface area contributed by atoms with Crippen LogP contribution in [0.3, 0.4) is 0 Å². The molecule has 0 saturated carbocycles. The third-order valence-corrected chi connectivity index (χ3v) is 8.91. The van der Waals surface area contributed by atoms with Crippen molar-refractivity contribution in [3.05, 3.63) is 70.3 Å². The third kappa shape index (κ3) is 6.19. The molecule has 0 aromatic heterocycles. The average molecular weight is 616 g/mol. The number of rotatable bonds is 7. The molecule has 236 valence electrons. The summed E-state index contributed by atoms with van der Waals surface area (Å²) in [6, 6.07) is 5.53. The molecule has 3 atom stereocenters. The molecule has 0 bridgehead atoms. The number of alkyl halides is 6. The van der Waals surface area contributed by atoms with E-state index in [1.165, 1.54) is 18.9 Å². The molecule has 13 heteroatoms. The van der Waals surface area contributed by atoms with Crippen molar-refractivity contribution in [1.82, 2.24) is 14.7 Å². The summed E-state index contributed by atoms with van der Waals surface area (Å²) in [5, 5.41) is 19.5. The number of carbonyl (C=O) groups excluding carboxylic acids is 2. The molecule has 2 aromatic rings. The van der Waals surface area contributed by atoms with E-state index in [-0.39, 0.29) is 63.1 Å². The predicted molar refractivity (Wildman–Crippen MR) is 145 cm³/mol. The Morgan fingerprint density at radius 1 is 1.00 bits per heavy atom. The lowest BCUT2D eigenvalue weighted by atomic mass is 9.77. The van der Waals surface area contributed by atoms with Gasteiger partial charge in [-0.1, -0.05) is 24.3 Å². The number of urea groups is 1. The Hall–Kier alpha value is -3.32. The van der Waals surface area contributed by atoms with Crippen molar-refractivity contribution >= 4 is 11.9 Å². The van der Waals surface area contributed by atoms with Gasteiger partial charge in [-0.2, -0.15) is 26.3 Å². The first kappa shape index (κ1) is 32.6. The number of carbonyl (C=O) groups is 2. The highest BCUT2D eigenvalue weighted by molar-refractivity contribution is 5.86. The predicted octanol–water partition coefficient (Wildman–Crippen LogP) is 5.55. The van der Waals surface area contributed by atoms with E-state index < -0.39 is 53.1 Å². The molecule has 0 spiro atoms. The van der Waals surface area contributed by atoms with Crippen LogP contribution in [0.15, 0.2) is 42.5 Å². The number of amides is 3. The highest BCUT2D eigenvalue weighted by Crippen LogP contribution is 2.49. The number of aliphatic hydroxyl groups excluding tert-OH is 2. The first-order chi connectivity index (χ1) is 20.1. The fourth-order valence-corrected chi connectivity index (χ4v) is 6.46. The summed E-state index contributed by atoms with van der Waals surface area (Å²) < 4.78 is 81.2. The van der Waals surface area contributed by atoms with E-state index in [1.807, 2.05) is 25.1 Å². The number of fused-ring (bicyclic) bond motifs is 1. The van der Waals surface area contributed by atoms with E-state index >= 15 is 0 Å². The van der Waals surface area contributed by atoms with Gasteiger partial charge in [-0.25, -0.2) is 4.79 Å². The van der Waals surface area contributed by atoms with Gasteiger partial charge in [-0.05, 0) is 68.0 Å². The molecule has 2 N–H and O–H groups in total. The van der Waals surface area contributed by atoms with Crippen LogP contribution in [-0.4, -0.2) is 76.2 Å². The van der Waals surface area contributed by atoms with Crippen molar-refractivity contribution < 1.29 is 46.1 Å². The second-order valence-corrected chi connectivity index (χ2v) is 11.4. The Morgan fingerprint density at radius 2 is 1.56 bits per heavy atom. The molecule has 2 saturated heterocycles. The van der Waals surface area contributed by atoms with Gasteiger partial charge in [0.05, 0.1) is 34.7 Å². The summed E-state index contributed by atoms with van der Waals surface area (Å²) in [7, 11) is 1.32. The van der Waals surface area contributed by atoms with E-state index in [2.05, 4.69) is 0 Å². The van der Waals surface area contributed by atoms with Crippen LogP contribution in [0.25, 0.3) is 0 Å². The van der Waals surface area contributed by atoms with Crippen LogP contribution in [-0.2, 0) is 17.1 Å². The number of nitrogens with zero attached hydrogens (tertiary/aromatic N) is 3. The van der Waals surface area contributed by atoms with Gasteiger partial charge in [-0.3, -0.25) is 4.79 Å². The fraction of sp³-hybridized carbons (Fsp3) is 0.533. The largest absolute Gasteiger partial charge is 0.416 e. The first-order valence-electron chi connectivity index (χ1n) is 14.0. The maximum absolute atomic E-state index is 14.1. The maximum Gasteiger partial charge on any atom is 0.416 e. The van der Waals surface area contributed by atoms with Gasteiger partial charge < -0.3 is 24.9 Å². The van der Waals surface area contributed by atoms with Gasteiger partial charge in [0.2, 0.25) is 5.91 Å². The first-order valence-corrected chi connectivity index (χ1v) is 14.0. The van der Waals surface area contributed by atoms with Crippen LogP contribution >= 0.6 is 0 Å². The number of hydrogen-bond donors (Lipinski definition) is 2. The number of aryl methyl sites for hydroxylation is 1. The summed E-state index contributed by atoms with van der Waals surface area (Å²) in [5.41, 5.74) is -2.73. The van der Waals surface area contributed by atoms with Crippen molar-refractivity contribution in [2.75, 3.05) is 33.4 Å². The van der Waals surface area contributed by atoms with Crippen LogP contribution in [0, 0.1) is 12.3 Å². The molecule has 2 aromatic carbocycles. The lowest BCUT2D eigenvalue weighted by Crippen LogP contribution is -2.57. The molecule has 2 aliphatic rings. The Balaban J connectivity index is 1.74. The molecule has 0 aliphatic carbocycles. The lowest BCUT2D eigenvalue weighted by molar-refractivity contribution is -0.143. The molecular weight excluding hydrogens is 580 g/mol. The number of hydrogen-bond acceptors (Lipinski definition) is 4. The van der Waals surface area contributed by atoms with Crippen molar-refractivity contribution in [2.45, 2.75) is 63.6 Å². The van der Waals surface area contributed by atoms with Gasteiger partial charge in [0, 0.05) is 33.4 Å². The van der Waals surface area contributed by atoms with Crippen LogP contribution < -0.4 is 0 Å². The van der Waals surface area contributed by atoms with Crippen molar-refractivity contribution in [1.29, 1.82) is 0 Å². The van der Waals surface area contributed by atoms with Crippen LogP contribution in [0.1, 0.15) is 66.1 Å². The SMILES string of the molecule is Cc1ccccc1[C@H]1[C@@H]2CC(CCO)(CCO)C(=O)N2CCN1C(=O)N(C)[C@H](C)c1cc(C(F)(F)F)cc(C(F)(F)F)c1. The summed E-state index contributed by atoms with van der Waals surface area (Å²) in [6.45, 7) is 2.85. The van der Waals surface area contributed by atoms with Crippen LogP contribution in [0.4, 0.5) is 31.1 Å². The summed E-state index contributed by atoms with van der Waals surface area (Å²) in [4.78, 5) is 32.0. The normalized spacial score (nSPS) is 21.1. The van der Waals surface area contributed by atoms with Crippen LogP contribution in [0.5, 0.6) is 0 Å². The van der Waals surface area contributed by atoms with E-state index in [0.717, 1.165) is 16.0 Å². The van der Waals surface area contributed by atoms with Gasteiger partial charge >= 0.3 is 18.4 Å². The minimum absolute atomic E-state index is 0.0492. The average Bonchev–Trinajstić information content (AvgIpc) is 3.21. The molecule has 3 amide bonds. The zero-order valence-electron chi connectivity index (χ0n) is 24.0. The number of benzene rings is 2. The molecule has 2 fully saturated rings. The zero-order valence-corrected chi connectivity index (χ0v) is 24.0. The molecular formula is C30H35F6N3O4. The monoisotopic (exact) mass is 615 g/mol. The smallest absolute Gasteiger partial charge is 0.396 e. The number of aliphatic hydroxyl groups is 2. The molecule has 7 nitrogen and oxygen atoms in total. The van der Waals surface area contributed by atoms with Gasteiger partial charge in [0.1, 0.15) is 0 Å². The Kier molecular flexibility index (Phi) is 9.09. The maximum atomic E-state index is 14.1. The number of halogens is 6. The van der Waals surface area contributed by atoms with Crippen molar-refractivity contribution in [2.24, 2.45) is 5.41 Å². The quantitative estimate of drug-likeness (QED) is 0.400. The molecule has 2 aliphatic heterocycles. The molecule has 0 radical (unpaired) electrons. The van der Waals surface area contributed by atoms with Gasteiger partial charge in [0.15, 0.2) is 0 Å². The summed E-state index contributed by atoms with van der Waals surface area (Å²) >= 11 is 0. The Morgan fingerprint density at radius 3 is 2.07 bits per heavy atom. The summed E-state index contributed by atoms with van der Waals surface area (Å²) in [5.74, 6) is -0.225. The van der Waals surface area contributed by atoms with Gasteiger partial charge in [-0.15, -0.1) is 0 Å². The van der Waals surface area contributed by atoms with E-state index in [1.54, 1.807) is 11.0 Å². The van der Waals surface area contributed by atoms with Crippen molar-refractivity contribution in [3.63, 3.8) is 0 Å². The highest BCUT2D eigenvalue weighted by atomic mass is 19.4. The minimum atomic E-state index is -5.03. The van der Waals surface area contributed by atoms with Gasteiger partial charge in [0.25, 0.3) is 0 Å².